The number of aromatic nitrogens is 1. The summed E-state index contributed by atoms with van der Waals surface area (Å²) in [5.74, 6) is 0.0214. The number of hydrogen-bond acceptors (Lipinski definition) is 3. The zero-order valence-corrected chi connectivity index (χ0v) is 12.2. The maximum Gasteiger partial charge on any atom is 0.273 e. The summed E-state index contributed by atoms with van der Waals surface area (Å²) in [6.45, 7) is 0.330. The van der Waals surface area contributed by atoms with E-state index < -0.39 is 0 Å². The summed E-state index contributed by atoms with van der Waals surface area (Å²) in [5.41, 5.74) is 1.13. The normalized spacial score (nSPS) is 10.6. The first kappa shape index (κ1) is 14.1. The lowest BCUT2D eigenvalue weighted by Crippen LogP contribution is -2.27. The molecule has 0 unspecified atom stereocenters. The Morgan fingerprint density at radius 3 is 2.64 bits per heavy atom. The van der Waals surface area contributed by atoms with Gasteiger partial charge in [0, 0.05) is 30.7 Å². The van der Waals surface area contributed by atoms with Gasteiger partial charge in [0.1, 0.15) is 11.4 Å². The van der Waals surface area contributed by atoms with Crippen molar-refractivity contribution in [3.05, 3.63) is 72.1 Å². The first-order chi connectivity index (χ1) is 10.7. The molecule has 0 saturated carbocycles. The molecule has 22 heavy (non-hydrogen) atoms. The number of nitrogens with zero attached hydrogens (tertiary/aromatic N) is 2. The number of hydrogen-bond donors (Lipinski definition) is 1. The molecule has 4 nitrogen and oxygen atoms in total. The molecule has 4 heteroatoms. The Morgan fingerprint density at radius 2 is 1.82 bits per heavy atom. The van der Waals surface area contributed by atoms with Crippen LogP contribution in [0.4, 0.5) is 0 Å². The highest BCUT2D eigenvalue weighted by molar-refractivity contribution is 6.05. The molecule has 0 aliphatic carbocycles. The number of amides is 1. The fourth-order valence-corrected chi connectivity index (χ4v) is 2.44. The van der Waals surface area contributed by atoms with E-state index in [9.17, 15) is 9.90 Å². The second kappa shape index (κ2) is 5.85. The Morgan fingerprint density at radius 1 is 1.09 bits per heavy atom. The Hall–Kier alpha value is -2.88. The summed E-state index contributed by atoms with van der Waals surface area (Å²) in [7, 11) is 1.71. The van der Waals surface area contributed by atoms with Crippen LogP contribution in [-0.4, -0.2) is 27.9 Å². The molecule has 0 radical (unpaired) electrons. The number of carbonyl (C=O) groups is 1. The van der Waals surface area contributed by atoms with E-state index >= 15 is 0 Å². The third-order valence-corrected chi connectivity index (χ3v) is 3.62. The molecule has 2 aromatic carbocycles. The number of para-hydroxylation sites is 1. The molecule has 0 atom stereocenters. The molecule has 3 aromatic rings. The molecule has 0 spiro atoms. The Bertz CT molecular complexity index is 825. The minimum Gasteiger partial charge on any atom is -0.508 e. The number of aromatic hydroxyl groups is 1. The number of phenolic OH excluding ortho intramolecular Hbond substituents is 1. The first-order valence-electron chi connectivity index (χ1n) is 7.03. The van der Waals surface area contributed by atoms with Crippen molar-refractivity contribution in [3.8, 4) is 5.75 Å². The van der Waals surface area contributed by atoms with Gasteiger partial charge in [-0.2, -0.15) is 0 Å². The third-order valence-electron chi connectivity index (χ3n) is 3.62. The van der Waals surface area contributed by atoms with E-state index in [-0.39, 0.29) is 11.7 Å². The zero-order valence-electron chi connectivity index (χ0n) is 12.2. The Kier molecular flexibility index (Phi) is 3.74. The minimum absolute atomic E-state index is 0.167. The van der Waals surface area contributed by atoms with Crippen molar-refractivity contribution in [2.24, 2.45) is 0 Å². The van der Waals surface area contributed by atoms with Crippen LogP contribution < -0.4 is 0 Å². The summed E-state index contributed by atoms with van der Waals surface area (Å²) in [6, 6.07) is 16.6. The van der Waals surface area contributed by atoms with Crippen LogP contribution in [0.25, 0.3) is 10.8 Å². The number of carbonyl (C=O) groups excluding carboxylic acids is 1. The Labute approximate surface area is 128 Å². The van der Waals surface area contributed by atoms with E-state index in [1.807, 2.05) is 36.4 Å². The molecule has 1 amide bonds. The smallest absolute Gasteiger partial charge is 0.273 e. The topological polar surface area (TPSA) is 53.4 Å². The SMILES string of the molecule is CN(Cc1ccccc1O)C(=O)c1nccc2ccccc12. The molecular formula is C18H16N2O2. The molecule has 1 aromatic heterocycles. The Balaban J connectivity index is 1.91. The first-order valence-corrected chi connectivity index (χ1v) is 7.03. The lowest BCUT2D eigenvalue weighted by Gasteiger charge is -2.18. The van der Waals surface area contributed by atoms with E-state index in [0.717, 1.165) is 10.8 Å². The van der Waals surface area contributed by atoms with Gasteiger partial charge in [0.15, 0.2) is 0 Å². The van der Waals surface area contributed by atoms with Crippen molar-refractivity contribution in [1.82, 2.24) is 9.88 Å². The van der Waals surface area contributed by atoms with Gasteiger partial charge in [-0.15, -0.1) is 0 Å². The number of rotatable bonds is 3. The summed E-state index contributed by atoms with van der Waals surface area (Å²) < 4.78 is 0. The highest BCUT2D eigenvalue weighted by Gasteiger charge is 2.17. The fraction of sp³-hybridized carbons (Fsp3) is 0.111. The van der Waals surface area contributed by atoms with Gasteiger partial charge < -0.3 is 10.0 Å². The van der Waals surface area contributed by atoms with Gasteiger partial charge in [-0.3, -0.25) is 9.78 Å². The second-order valence-electron chi connectivity index (χ2n) is 5.17. The number of fused-ring (bicyclic) bond motifs is 1. The lowest BCUT2D eigenvalue weighted by atomic mass is 10.1. The minimum atomic E-state index is -0.167. The molecular weight excluding hydrogens is 276 g/mol. The van der Waals surface area contributed by atoms with Crippen LogP contribution in [0.5, 0.6) is 5.75 Å². The van der Waals surface area contributed by atoms with E-state index in [1.54, 1.807) is 36.3 Å². The molecule has 0 aliphatic rings. The van der Waals surface area contributed by atoms with Crippen LogP contribution in [0.1, 0.15) is 16.1 Å². The maximum absolute atomic E-state index is 12.7. The van der Waals surface area contributed by atoms with Gasteiger partial charge in [0.05, 0.1) is 0 Å². The van der Waals surface area contributed by atoms with Crippen LogP contribution in [0.2, 0.25) is 0 Å². The van der Waals surface area contributed by atoms with Gasteiger partial charge in [0.2, 0.25) is 0 Å². The molecule has 1 N–H and O–H groups in total. The predicted octanol–water partition coefficient (Wildman–Crippen LogP) is 3.21. The molecule has 3 rings (SSSR count). The summed E-state index contributed by atoms with van der Waals surface area (Å²) in [4.78, 5) is 18.5. The van der Waals surface area contributed by atoms with Gasteiger partial charge in [-0.1, -0.05) is 42.5 Å². The van der Waals surface area contributed by atoms with Gasteiger partial charge in [0.25, 0.3) is 5.91 Å². The summed E-state index contributed by atoms with van der Waals surface area (Å²) in [5, 5.41) is 11.6. The van der Waals surface area contributed by atoms with Crippen molar-refractivity contribution in [3.63, 3.8) is 0 Å². The third kappa shape index (κ3) is 2.63. The van der Waals surface area contributed by atoms with Gasteiger partial charge in [-0.25, -0.2) is 0 Å². The standard InChI is InChI=1S/C18H16N2O2/c1-20(12-14-7-3-5-9-16(14)21)18(22)17-15-8-4-2-6-13(15)10-11-19-17/h2-11,21H,12H2,1H3. The van der Waals surface area contributed by atoms with Crippen LogP contribution in [-0.2, 0) is 6.54 Å². The van der Waals surface area contributed by atoms with Crippen molar-refractivity contribution in [1.29, 1.82) is 0 Å². The van der Waals surface area contributed by atoms with E-state index in [1.165, 1.54) is 0 Å². The largest absolute Gasteiger partial charge is 0.508 e. The van der Waals surface area contributed by atoms with E-state index in [4.69, 9.17) is 0 Å². The molecule has 1 heterocycles. The average Bonchev–Trinajstić information content (AvgIpc) is 2.55. The van der Waals surface area contributed by atoms with Crippen molar-refractivity contribution in [2.45, 2.75) is 6.54 Å². The fourth-order valence-electron chi connectivity index (χ4n) is 2.44. The highest BCUT2D eigenvalue weighted by atomic mass is 16.3. The predicted molar refractivity (Wildman–Crippen MR) is 85.6 cm³/mol. The van der Waals surface area contributed by atoms with E-state index in [2.05, 4.69) is 4.98 Å². The van der Waals surface area contributed by atoms with Crippen molar-refractivity contribution < 1.29 is 9.90 Å². The van der Waals surface area contributed by atoms with Gasteiger partial charge in [-0.05, 0) is 17.5 Å². The van der Waals surface area contributed by atoms with Crippen LogP contribution in [0.3, 0.4) is 0 Å². The molecule has 110 valence electrons. The molecule has 0 fully saturated rings. The van der Waals surface area contributed by atoms with Crippen LogP contribution in [0.15, 0.2) is 60.8 Å². The van der Waals surface area contributed by atoms with E-state index in [0.29, 0.717) is 17.8 Å². The molecule has 0 bridgehead atoms. The molecule has 0 saturated heterocycles. The van der Waals surface area contributed by atoms with Crippen LogP contribution >= 0.6 is 0 Å². The summed E-state index contributed by atoms with van der Waals surface area (Å²) >= 11 is 0. The maximum atomic E-state index is 12.7. The number of pyridine rings is 1. The second-order valence-corrected chi connectivity index (χ2v) is 5.17. The lowest BCUT2D eigenvalue weighted by molar-refractivity contribution is 0.0780. The monoisotopic (exact) mass is 292 g/mol. The molecule has 0 aliphatic heterocycles. The van der Waals surface area contributed by atoms with Crippen molar-refractivity contribution >= 4 is 16.7 Å². The number of phenols is 1. The van der Waals surface area contributed by atoms with Gasteiger partial charge >= 0.3 is 0 Å². The van der Waals surface area contributed by atoms with Crippen LogP contribution in [0, 0.1) is 0 Å². The average molecular weight is 292 g/mol. The zero-order chi connectivity index (χ0) is 15.5. The van der Waals surface area contributed by atoms with Crippen molar-refractivity contribution in [2.75, 3.05) is 7.05 Å². The quantitative estimate of drug-likeness (QED) is 0.806. The number of benzene rings is 2. The summed E-state index contributed by atoms with van der Waals surface area (Å²) in [6.07, 6.45) is 1.64. The highest BCUT2D eigenvalue weighted by Crippen LogP contribution is 2.20.